The molecule has 5 nitrogen and oxygen atoms in total. The number of aromatic nitrogens is 1. The number of aryl methyl sites for hydroxylation is 3. The van der Waals surface area contributed by atoms with Gasteiger partial charge < -0.3 is 14.5 Å². The van der Waals surface area contributed by atoms with Gasteiger partial charge in [0.2, 0.25) is 0 Å². The maximum absolute atomic E-state index is 12.7. The van der Waals surface area contributed by atoms with Gasteiger partial charge in [-0.1, -0.05) is 12.1 Å². The van der Waals surface area contributed by atoms with Crippen LogP contribution in [0, 0.1) is 34.6 Å². The molecule has 0 atom stereocenters. The van der Waals surface area contributed by atoms with E-state index in [1.165, 1.54) is 39.1 Å². The van der Waals surface area contributed by atoms with Crippen LogP contribution in [0.4, 0.5) is 10.5 Å². The first-order valence-electron chi connectivity index (χ1n) is 13.8. The van der Waals surface area contributed by atoms with Crippen molar-refractivity contribution in [3.05, 3.63) is 82.0 Å². The molecule has 202 valence electrons. The van der Waals surface area contributed by atoms with Crippen LogP contribution in [-0.4, -0.2) is 40.7 Å². The van der Waals surface area contributed by atoms with Crippen LogP contribution in [-0.2, 0) is 11.3 Å². The summed E-state index contributed by atoms with van der Waals surface area (Å²) in [6, 6.07) is 15.7. The van der Waals surface area contributed by atoms with E-state index in [0.29, 0.717) is 19.1 Å². The highest BCUT2D eigenvalue weighted by atomic mass is 16.6. The standard InChI is InChI=1S/C33H43N3O2/c1-22-10-9-11-31(26(22)5)36(29-13-16-35(17-14-29)32(37)38-33(6,7)8)21-27-12-15-34-30(20-27)28-18-23(2)25(4)24(3)19-28/h9-12,15,18-20,29H,13-14,16-17,21H2,1-8H3. The van der Waals surface area contributed by atoms with Gasteiger partial charge in [0.1, 0.15) is 5.60 Å². The van der Waals surface area contributed by atoms with Crippen molar-refractivity contribution in [1.82, 2.24) is 9.88 Å². The fraction of sp³-hybridized carbons (Fsp3) is 0.455. The number of carbonyl (C=O) groups excluding carboxylic acids is 1. The number of anilines is 1. The van der Waals surface area contributed by atoms with Gasteiger partial charge >= 0.3 is 6.09 Å². The number of ether oxygens (including phenoxy) is 1. The lowest BCUT2D eigenvalue weighted by atomic mass is 9.97. The lowest BCUT2D eigenvalue weighted by Crippen LogP contribution is -2.48. The molecule has 38 heavy (non-hydrogen) atoms. The third kappa shape index (κ3) is 6.38. The SMILES string of the molecule is Cc1cc(-c2cc(CN(c3cccc(C)c3C)C3CCN(C(=O)OC(C)(C)C)CC3)ccn2)cc(C)c1C. The van der Waals surface area contributed by atoms with E-state index in [1.807, 2.05) is 31.9 Å². The molecule has 1 aromatic heterocycles. The molecule has 1 amide bonds. The number of amides is 1. The highest BCUT2D eigenvalue weighted by Crippen LogP contribution is 2.31. The van der Waals surface area contributed by atoms with E-state index in [9.17, 15) is 4.79 Å². The highest BCUT2D eigenvalue weighted by Gasteiger charge is 2.30. The summed E-state index contributed by atoms with van der Waals surface area (Å²) in [5, 5.41) is 0. The maximum Gasteiger partial charge on any atom is 0.410 e. The number of piperidine rings is 1. The van der Waals surface area contributed by atoms with Crippen molar-refractivity contribution in [2.45, 2.75) is 86.4 Å². The number of benzene rings is 2. The molecular formula is C33H43N3O2. The van der Waals surface area contributed by atoms with E-state index in [1.54, 1.807) is 0 Å². The van der Waals surface area contributed by atoms with Crippen molar-refractivity contribution < 1.29 is 9.53 Å². The minimum atomic E-state index is -0.480. The van der Waals surface area contributed by atoms with Crippen molar-refractivity contribution in [2.24, 2.45) is 0 Å². The molecule has 2 heterocycles. The zero-order chi connectivity index (χ0) is 27.6. The summed E-state index contributed by atoms with van der Waals surface area (Å²) in [4.78, 5) is 21.8. The van der Waals surface area contributed by atoms with Crippen LogP contribution in [0.25, 0.3) is 11.3 Å². The van der Waals surface area contributed by atoms with Crippen LogP contribution in [0.3, 0.4) is 0 Å². The molecule has 1 fully saturated rings. The number of pyridine rings is 1. The Bertz CT molecular complexity index is 1280. The molecule has 1 saturated heterocycles. The lowest BCUT2D eigenvalue weighted by Gasteiger charge is -2.41. The molecule has 5 heteroatoms. The van der Waals surface area contributed by atoms with Crippen LogP contribution in [0.1, 0.15) is 67.0 Å². The second-order valence-corrected chi connectivity index (χ2v) is 11.8. The third-order valence-electron chi connectivity index (χ3n) is 7.84. The summed E-state index contributed by atoms with van der Waals surface area (Å²) in [5.41, 5.74) is 10.7. The number of carbonyl (C=O) groups is 1. The molecule has 1 aliphatic rings. The molecule has 0 radical (unpaired) electrons. The Labute approximate surface area is 228 Å². The van der Waals surface area contributed by atoms with Crippen LogP contribution >= 0.6 is 0 Å². The van der Waals surface area contributed by atoms with Crippen LogP contribution in [0.2, 0.25) is 0 Å². The second kappa shape index (κ2) is 11.2. The van der Waals surface area contributed by atoms with Crippen LogP contribution in [0.15, 0.2) is 48.7 Å². The quantitative estimate of drug-likeness (QED) is 0.351. The average molecular weight is 514 g/mol. The third-order valence-corrected chi connectivity index (χ3v) is 7.84. The Morgan fingerprint density at radius 1 is 0.947 bits per heavy atom. The minimum absolute atomic E-state index is 0.211. The first-order valence-corrected chi connectivity index (χ1v) is 13.8. The monoisotopic (exact) mass is 513 g/mol. The van der Waals surface area contributed by atoms with Crippen molar-refractivity contribution in [3.63, 3.8) is 0 Å². The summed E-state index contributed by atoms with van der Waals surface area (Å²) in [5.74, 6) is 0. The van der Waals surface area contributed by atoms with Crippen molar-refractivity contribution in [3.8, 4) is 11.3 Å². The van der Waals surface area contributed by atoms with Gasteiger partial charge in [0, 0.05) is 43.1 Å². The van der Waals surface area contributed by atoms with Gasteiger partial charge in [0.05, 0.1) is 5.69 Å². The van der Waals surface area contributed by atoms with Gasteiger partial charge in [0.15, 0.2) is 0 Å². The summed E-state index contributed by atoms with van der Waals surface area (Å²) in [7, 11) is 0. The fourth-order valence-electron chi connectivity index (χ4n) is 5.26. The molecule has 4 rings (SSSR count). The van der Waals surface area contributed by atoms with Gasteiger partial charge in [-0.15, -0.1) is 0 Å². The topological polar surface area (TPSA) is 45.7 Å². The highest BCUT2D eigenvalue weighted by molar-refractivity contribution is 5.68. The first-order chi connectivity index (χ1) is 17.9. The Balaban J connectivity index is 1.60. The van der Waals surface area contributed by atoms with Crippen LogP contribution in [0.5, 0.6) is 0 Å². The summed E-state index contributed by atoms with van der Waals surface area (Å²) in [6.07, 6.45) is 3.53. The van der Waals surface area contributed by atoms with E-state index in [2.05, 4.69) is 82.0 Å². The zero-order valence-electron chi connectivity index (χ0n) is 24.4. The van der Waals surface area contributed by atoms with Crippen LogP contribution < -0.4 is 4.90 Å². The van der Waals surface area contributed by atoms with E-state index >= 15 is 0 Å². The normalized spacial score (nSPS) is 14.5. The molecule has 3 aromatic rings. The minimum Gasteiger partial charge on any atom is -0.444 e. The molecular weight excluding hydrogens is 470 g/mol. The predicted molar refractivity (Wildman–Crippen MR) is 157 cm³/mol. The first kappa shape index (κ1) is 27.7. The Morgan fingerprint density at radius 2 is 1.61 bits per heavy atom. The van der Waals surface area contributed by atoms with Gasteiger partial charge in [-0.2, -0.15) is 0 Å². The Morgan fingerprint density at radius 3 is 2.24 bits per heavy atom. The number of hydrogen-bond donors (Lipinski definition) is 0. The number of rotatable bonds is 5. The molecule has 0 saturated carbocycles. The van der Waals surface area contributed by atoms with Crippen molar-refractivity contribution in [2.75, 3.05) is 18.0 Å². The van der Waals surface area contributed by atoms with E-state index in [-0.39, 0.29) is 6.09 Å². The van der Waals surface area contributed by atoms with Gasteiger partial charge in [-0.05, 0) is 132 Å². The van der Waals surface area contributed by atoms with Crippen molar-refractivity contribution in [1.29, 1.82) is 0 Å². The molecule has 0 N–H and O–H groups in total. The fourth-order valence-corrected chi connectivity index (χ4v) is 5.26. The molecule has 2 aromatic carbocycles. The maximum atomic E-state index is 12.7. The van der Waals surface area contributed by atoms with Gasteiger partial charge in [-0.3, -0.25) is 4.98 Å². The Kier molecular flexibility index (Phi) is 8.15. The number of hydrogen-bond acceptors (Lipinski definition) is 4. The van der Waals surface area contributed by atoms with Gasteiger partial charge in [-0.25, -0.2) is 4.79 Å². The smallest absolute Gasteiger partial charge is 0.410 e. The second-order valence-electron chi connectivity index (χ2n) is 11.8. The number of likely N-dealkylation sites (tertiary alicyclic amines) is 1. The molecule has 0 unspecified atom stereocenters. The summed E-state index contributed by atoms with van der Waals surface area (Å²) in [6.45, 7) is 18.8. The Hall–Kier alpha value is -3.34. The summed E-state index contributed by atoms with van der Waals surface area (Å²) >= 11 is 0. The van der Waals surface area contributed by atoms with E-state index in [4.69, 9.17) is 9.72 Å². The molecule has 0 aliphatic carbocycles. The van der Waals surface area contributed by atoms with Gasteiger partial charge in [0.25, 0.3) is 0 Å². The van der Waals surface area contributed by atoms with E-state index < -0.39 is 5.60 Å². The number of nitrogens with zero attached hydrogens (tertiary/aromatic N) is 3. The predicted octanol–water partition coefficient (Wildman–Crippen LogP) is 7.70. The molecule has 1 aliphatic heterocycles. The molecule has 0 spiro atoms. The lowest BCUT2D eigenvalue weighted by molar-refractivity contribution is 0.0204. The molecule has 0 bridgehead atoms. The zero-order valence-corrected chi connectivity index (χ0v) is 24.4. The average Bonchev–Trinajstić information content (AvgIpc) is 2.87. The summed E-state index contributed by atoms with van der Waals surface area (Å²) < 4.78 is 5.63. The van der Waals surface area contributed by atoms with E-state index in [0.717, 1.165) is 30.6 Å². The largest absolute Gasteiger partial charge is 0.444 e. The van der Waals surface area contributed by atoms with Crippen molar-refractivity contribution >= 4 is 11.8 Å².